The number of ether oxygens (including phenoxy) is 21. The molecule has 10 rings (SSSR count). The Morgan fingerprint density at radius 1 is 0.242 bits per heavy atom. The van der Waals surface area contributed by atoms with Crippen molar-refractivity contribution in [3.05, 3.63) is 0 Å². The minimum atomic E-state index is -2.61. The summed E-state index contributed by atoms with van der Waals surface area (Å²) < 4.78 is 124. The summed E-state index contributed by atoms with van der Waals surface area (Å²) in [5.41, 5.74) is 0. The topological polar surface area (TPSA) is 816 Å². The number of amides is 4. The van der Waals surface area contributed by atoms with Crippen molar-refractivity contribution < 1.29 is 246 Å². The van der Waals surface area contributed by atoms with Gasteiger partial charge < -0.3 is 248 Å². The quantitative estimate of drug-likeness (QED) is 0.0290. The van der Waals surface area contributed by atoms with E-state index in [0.717, 1.165) is 27.7 Å². The molecule has 4 amide bonds. The van der Waals surface area contributed by atoms with Crippen LogP contribution in [-0.2, 0) is 119 Å². The van der Waals surface area contributed by atoms with Gasteiger partial charge in [0.15, 0.2) is 62.9 Å². The molecule has 124 heavy (non-hydrogen) atoms. The van der Waals surface area contributed by atoms with Crippen LogP contribution in [-0.4, -0.2) is 532 Å². The lowest BCUT2D eigenvalue weighted by Gasteiger charge is -2.51. The molecule has 718 valence electrons. The number of hydrogen-bond donors (Lipinski definition) is 29. The second-order valence-corrected chi connectivity index (χ2v) is 31.5. The fraction of sp³-hybridized carbons (Fsp3) is 0.943. The molecule has 54 heteroatoms. The van der Waals surface area contributed by atoms with Crippen LogP contribution in [0, 0.1) is 0 Å². The number of carbonyl (C=O) groups is 4. The molecule has 0 aromatic rings. The zero-order chi connectivity index (χ0) is 91.2. The molecule has 0 unspecified atom stereocenters. The zero-order valence-electron chi connectivity index (χ0n) is 67.6. The molecule has 54 nitrogen and oxygen atoms in total. The first kappa shape index (κ1) is 102. The predicted molar refractivity (Wildman–Crippen MR) is 384 cm³/mol. The molecule has 0 aromatic heterocycles. The van der Waals surface area contributed by atoms with Crippen molar-refractivity contribution in [1.29, 1.82) is 0 Å². The maximum absolute atomic E-state index is 13.3. The third kappa shape index (κ3) is 22.8. The smallest absolute Gasteiger partial charge is 0.217 e. The molecule has 0 aliphatic carbocycles. The highest BCUT2D eigenvalue weighted by atomic mass is 16.8. The molecular weight excluding hydrogens is 1700 g/mol. The van der Waals surface area contributed by atoms with Crippen molar-refractivity contribution in [2.75, 3.05) is 73.7 Å². The average Bonchev–Trinajstić information content (AvgIpc) is 0.763. The normalized spacial score (nSPS) is 49.1. The van der Waals surface area contributed by atoms with E-state index in [-0.39, 0.29) is 13.2 Å². The Morgan fingerprint density at radius 2 is 0.524 bits per heavy atom. The van der Waals surface area contributed by atoms with E-state index in [0.29, 0.717) is 0 Å². The van der Waals surface area contributed by atoms with E-state index in [1.807, 2.05) is 0 Å². The van der Waals surface area contributed by atoms with Crippen LogP contribution in [0.5, 0.6) is 0 Å². The largest absolute Gasteiger partial charge is 0.394 e. The van der Waals surface area contributed by atoms with E-state index in [1.165, 1.54) is 21.1 Å². The van der Waals surface area contributed by atoms with Crippen molar-refractivity contribution in [1.82, 2.24) is 21.3 Å². The van der Waals surface area contributed by atoms with E-state index < -0.39 is 377 Å². The van der Waals surface area contributed by atoms with Gasteiger partial charge in [0.25, 0.3) is 0 Å². The van der Waals surface area contributed by atoms with Crippen LogP contribution in [0.2, 0.25) is 0 Å². The minimum Gasteiger partial charge on any atom is -0.394 e. The number of hydrogen-bond acceptors (Lipinski definition) is 50. The SMILES string of the molecule is COC[C@H]1O[C@@H](O[C@H]2[C@H](O)[C@H](NC(C)=O)[C@H](O[C@@H]3[C@@H](O[C@@H]4[C@H](O)[C@H](O[C@H]5[C@H](O)[C@@H](NC(C)=O)[C@H](O[C@H]6[C@H](O)[C@@H](NC(C)=O)[C@H](O)O[C@@H]6CO[C@H]6O[C@@H](C)[C@@H](O)[C@@H](O)[C@@H]6O)O[C@@H]5CO)O[C@H](CO[C@H]5O[C@H](CO)[C@@H](O)[C@H](O)[C@@H]5O[C@@H]5O[C@H](CO)[C@@H](O[C@@H]6O[C@H](COC)[C@H](O)[C@H](O)[C@H]6O)[C@H](O)[C@H]5NC(C)=O)[C@H]4O)O[C@H](CO)[C@@H](O)[C@@H]3O)O[C@@H]2CO)[C@H](O)[C@@H](O)[C@H]1O. The van der Waals surface area contributed by atoms with Crippen molar-refractivity contribution in [3.63, 3.8) is 0 Å². The van der Waals surface area contributed by atoms with Crippen LogP contribution in [0.4, 0.5) is 0 Å². The Balaban J connectivity index is 0.984. The lowest BCUT2D eigenvalue weighted by molar-refractivity contribution is -0.399. The van der Waals surface area contributed by atoms with Gasteiger partial charge in [-0.15, -0.1) is 0 Å². The molecule has 0 aromatic carbocycles. The zero-order valence-corrected chi connectivity index (χ0v) is 67.6. The summed E-state index contributed by atoms with van der Waals surface area (Å²) in [6, 6.07) is -7.62. The summed E-state index contributed by atoms with van der Waals surface area (Å²) >= 11 is 0. The second kappa shape index (κ2) is 45.0. The molecule has 50 atom stereocenters. The number of aliphatic hydroxyl groups is 25. The second-order valence-electron chi connectivity index (χ2n) is 31.5. The molecule has 0 radical (unpaired) electrons. The van der Waals surface area contributed by atoms with Crippen molar-refractivity contribution in [2.45, 2.75) is 341 Å². The summed E-state index contributed by atoms with van der Waals surface area (Å²) in [7, 11) is 2.43. The molecule has 0 spiro atoms. The van der Waals surface area contributed by atoms with Gasteiger partial charge in [-0.1, -0.05) is 0 Å². The van der Waals surface area contributed by atoms with Crippen molar-refractivity contribution in [3.8, 4) is 0 Å². The highest BCUT2D eigenvalue weighted by Crippen LogP contribution is 2.41. The van der Waals surface area contributed by atoms with Gasteiger partial charge in [0.2, 0.25) is 23.6 Å². The van der Waals surface area contributed by atoms with Crippen LogP contribution in [0.25, 0.3) is 0 Å². The summed E-state index contributed by atoms with van der Waals surface area (Å²) in [5.74, 6) is -3.70. The Hall–Kier alpha value is -3.96. The van der Waals surface area contributed by atoms with Gasteiger partial charge in [-0.2, -0.15) is 0 Å². The Morgan fingerprint density at radius 3 is 0.919 bits per heavy atom. The Kier molecular flexibility index (Phi) is 37.1. The molecule has 0 bridgehead atoms. The third-order valence-electron chi connectivity index (χ3n) is 22.7. The van der Waals surface area contributed by atoms with Crippen LogP contribution >= 0.6 is 0 Å². The van der Waals surface area contributed by atoms with Gasteiger partial charge in [0.05, 0.1) is 65.6 Å². The molecule has 10 fully saturated rings. The van der Waals surface area contributed by atoms with Crippen molar-refractivity contribution in [2.24, 2.45) is 0 Å². The average molecular weight is 1820 g/mol. The van der Waals surface area contributed by atoms with Gasteiger partial charge in [0, 0.05) is 41.9 Å². The van der Waals surface area contributed by atoms with Crippen LogP contribution < -0.4 is 21.3 Å². The fourth-order valence-electron chi connectivity index (χ4n) is 16.1. The number of aliphatic hydroxyl groups excluding tert-OH is 25. The Bertz CT molecular complexity index is 3330. The number of nitrogens with one attached hydrogen (secondary N) is 4. The molecule has 10 aliphatic heterocycles. The Labute approximate surface area is 704 Å². The number of carbonyl (C=O) groups excluding carboxylic acids is 4. The van der Waals surface area contributed by atoms with Crippen molar-refractivity contribution >= 4 is 23.6 Å². The van der Waals surface area contributed by atoms with Crippen LogP contribution in [0.1, 0.15) is 34.6 Å². The monoisotopic (exact) mass is 1810 g/mol. The van der Waals surface area contributed by atoms with E-state index in [1.54, 1.807) is 0 Å². The van der Waals surface area contributed by atoms with Gasteiger partial charge in [-0.3, -0.25) is 19.2 Å². The molecule has 0 saturated carbocycles. The molecule has 10 heterocycles. The van der Waals surface area contributed by atoms with E-state index in [2.05, 4.69) is 21.3 Å². The summed E-state index contributed by atoms with van der Waals surface area (Å²) in [6.07, 6.45) is -93.5. The van der Waals surface area contributed by atoms with E-state index in [4.69, 9.17) is 99.5 Å². The highest BCUT2D eigenvalue weighted by molar-refractivity contribution is 5.74. The van der Waals surface area contributed by atoms with Gasteiger partial charge in [0.1, 0.15) is 238 Å². The number of rotatable bonds is 33. The molecule has 10 saturated heterocycles. The maximum atomic E-state index is 13.3. The summed E-state index contributed by atoms with van der Waals surface area (Å²) in [6.45, 7) is -3.52. The highest BCUT2D eigenvalue weighted by Gasteiger charge is 2.62. The van der Waals surface area contributed by atoms with E-state index in [9.17, 15) is 147 Å². The van der Waals surface area contributed by atoms with Gasteiger partial charge in [-0.05, 0) is 6.92 Å². The fourth-order valence-corrected chi connectivity index (χ4v) is 16.1. The predicted octanol–water partition coefficient (Wildman–Crippen LogP) is -19.9. The van der Waals surface area contributed by atoms with Gasteiger partial charge >= 0.3 is 0 Å². The number of methoxy groups -OCH3 is 2. The summed E-state index contributed by atoms with van der Waals surface area (Å²) in [4.78, 5) is 51.8. The standard InChI is InChI=1S/C70H118N4O50/c1-17-35(84)45(94)50(99)65(108-17)106-16-30-57(41(90)31(61(103)109-30)71-18(2)80)118-62-32(72-19(3)81)42(91)56(26(12-79)112-62)121-68-53(102)58(122-70-60(49(98)37(86)23(9-76)111-70)124-64-34(74-21(5)83)44(93)55(25(11-78)114-64)120-67-52(101)47(96)39(88)28(116-67)14-105-7)40(89)29(117-68)15-107-69-59(48(97)36(85)22(8-75)110-69)123-63-33(73-20(4)82)43(92)54(24(10-77)113-63)119-66-51(100)46(95)38(87)27(115-66)13-104-6/h17,22-70,75-79,84-103H,8-16H2,1-7H3,(H,71,80)(H,72,81)(H,73,82)(H,74,83)/t17-,22+,23+,24+,25+,26+,27+,28+,29+,30+,31+,32+,33+,34-,35+,36+,37+,38-,39-,40+,41+,42+,43+,44+,45+,46-,47-,48-,49-,50-,51+,52+,53-,54+,55+,56+,57+,58-,59-,60-,61+,62-,63-,64-,65-,66-,67-,68-,69-,70+/m0/s1. The van der Waals surface area contributed by atoms with Gasteiger partial charge in [-0.25, -0.2) is 0 Å². The minimum absolute atomic E-state index is 0.375. The lowest BCUT2D eigenvalue weighted by atomic mass is 9.93. The molecule has 29 N–H and O–H groups in total. The molecule has 10 aliphatic rings. The first-order chi connectivity index (χ1) is 58.7. The lowest BCUT2D eigenvalue weighted by Crippen LogP contribution is -2.71. The summed E-state index contributed by atoms with van der Waals surface area (Å²) in [5, 5.41) is 292. The van der Waals surface area contributed by atoms with E-state index >= 15 is 0 Å². The van der Waals surface area contributed by atoms with Crippen LogP contribution in [0.15, 0.2) is 0 Å². The molecular formula is C70H118N4O50. The van der Waals surface area contributed by atoms with Crippen LogP contribution in [0.3, 0.4) is 0 Å². The first-order valence-electron chi connectivity index (χ1n) is 39.8. The third-order valence-corrected chi connectivity index (χ3v) is 22.7. The maximum Gasteiger partial charge on any atom is 0.217 e. The first-order valence-corrected chi connectivity index (χ1v) is 39.8.